The molecule has 8 heteroatoms. The first kappa shape index (κ1) is 20.6. The molecule has 1 saturated carbocycles. The maximum Gasteiger partial charge on any atom is 0.339 e. The molecule has 2 amide bonds. The van der Waals surface area contributed by atoms with Crippen LogP contribution >= 0.6 is 0 Å². The zero-order chi connectivity index (χ0) is 22.0. The van der Waals surface area contributed by atoms with E-state index in [0.29, 0.717) is 24.2 Å². The summed E-state index contributed by atoms with van der Waals surface area (Å²) in [6, 6.07) is 13.1. The fraction of sp³-hybridized carbons (Fsp3) is 0.304. The Morgan fingerprint density at radius 2 is 1.58 bits per heavy atom. The van der Waals surface area contributed by atoms with Gasteiger partial charge >= 0.3 is 11.9 Å². The Hall–Kier alpha value is -3.68. The number of para-hydroxylation sites is 2. The molecule has 0 saturated heterocycles. The molecular weight excluding hydrogens is 400 g/mol. The van der Waals surface area contributed by atoms with Crippen molar-refractivity contribution in [2.45, 2.75) is 31.2 Å². The summed E-state index contributed by atoms with van der Waals surface area (Å²) in [5, 5.41) is 2.90. The van der Waals surface area contributed by atoms with Crippen molar-refractivity contribution in [3.63, 3.8) is 0 Å². The van der Waals surface area contributed by atoms with E-state index in [-0.39, 0.29) is 17.0 Å². The fourth-order valence-corrected chi connectivity index (χ4v) is 4.35. The Labute approximate surface area is 179 Å². The molecule has 0 atom stereocenters. The number of anilines is 2. The molecule has 0 aromatic heterocycles. The second-order valence-electron chi connectivity index (χ2n) is 7.55. The topological polar surface area (TPSA) is 102 Å². The van der Waals surface area contributed by atoms with Gasteiger partial charge in [-0.3, -0.25) is 14.5 Å². The largest absolute Gasteiger partial charge is 0.465 e. The van der Waals surface area contributed by atoms with Crippen molar-refractivity contribution in [3.8, 4) is 0 Å². The molecule has 8 nitrogen and oxygen atoms in total. The molecule has 160 valence electrons. The van der Waals surface area contributed by atoms with Crippen LogP contribution < -0.4 is 10.2 Å². The van der Waals surface area contributed by atoms with Crippen LogP contribution in [0.4, 0.5) is 11.4 Å². The van der Waals surface area contributed by atoms with Crippen LogP contribution in [-0.4, -0.2) is 43.0 Å². The molecule has 0 radical (unpaired) electrons. The van der Waals surface area contributed by atoms with Gasteiger partial charge in [-0.1, -0.05) is 37.1 Å². The highest BCUT2D eigenvalue weighted by molar-refractivity contribution is 6.15. The van der Waals surface area contributed by atoms with Crippen molar-refractivity contribution in [2.24, 2.45) is 0 Å². The molecule has 1 fully saturated rings. The van der Waals surface area contributed by atoms with Gasteiger partial charge in [0.25, 0.3) is 11.8 Å². The number of hydrogen-bond donors (Lipinski definition) is 1. The van der Waals surface area contributed by atoms with Gasteiger partial charge in [0.05, 0.1) is 29.6 Å². The molecule has 31 heavy (non-hydrogen) atoms. The van der Waals surface area contributed by atoms with Crippen molar-refractivity contribution in [1.82, 2.24) is 0 Å². The van der Waals surface area contributed by atoms with E-state index in [1.165, 1.54) is 24.1 Å². The lowest BCUT2D eigenvalue weighted by molar-refractivity contribution is -0.129. The number of hydrogen-bond acceptors (Lipinski definition) is 6. The molecule has 1 aliphatic carbocycles. The molecule has 1 heterocycles. The Kier molecular flexibility index (Phi) is 5.46. The van der Waals surface area contributed by atoms with Crippen LogP contribution in [0.1, 0.15) is 46.4 Å². The second-order valence-corrected chi connectivity index (χ2v) is 7.55. The van der Waals surface area contributed by atoms with E-state index < -0.39 is 30.0 Å². The summed E-state index contributed by atoms with van der Waals surface area (Å²) in [6.45, 7) is -0.558. The first-order valence-corrected chi connectivity index (χ1v) is 10.1. The average Bonchev–Trinajstić information content (AvgIpc) is 3.28. The number of amides is 2. The van der Waals surface area contributed by atoms with Gasteiger partial charge < -0.3 is 14.8 Å². The van der Waals surface area contributed by atoms with E-state index in [1.54, 1.807) is 36.4 Å². The van der Waals surface area contributed by atoms with Gasteiger partial charge in [0.1, 0.15) is 5.54 Å². The maximum absolute atomic E-state index is 13.3. The molecule has 2 aromatic rings. The summed E-state index contributed by atoms with van der Waals surface area (Å²) in [4.78, 5) is 52.2. The van der Waals surface area contributed by atoms with Crippen LogP contribution in [0.5, 0.6) is 0 Å². The first-order chi connectivity index (χ1) is 15.0. The van der Waals surface area contributed by atoms with Crippen LogP contribution in [-0.2, 0) is 19.1 Å². The lowest BCUT2D eigenvalue weighted by Crippen LogP contribution is -2.61. The van der Waals surface area contributed by atoms with Crippen LogP contribution in [0.25, 0.3) is 0 Å². The Morgan fingerprint density at radius 1 is 0.968 bits per heavy atom. The monoisotopic (exact) mass is 422 g/mol. The number of rotatable bonds is 4. The number of methoxy groups -OCH3 is 1. The Morgan fingerprint density at radius 3 is 2.26 bits per heavy atom. The molecule has 2 aromatic carbocycles. The van der Waals surface area contributed by atoms with Gasteiger partial charge in [0.15, 0.2) is 6.61 Å². The lowest BCUT2D eigenvalue weighted by Gasteiger charge is -2.44. The van der Waals surface area contributed by atoms with Gasteiger partial charge in [-0.2, -0.15) is 0 Å². The number of carbonyl (C=O) groups excluding carboxylic acids is 4. The lowest BCUT2D eigenvalue weighted by atomic mass is 9.90. The first-order valence-electron chi connectivity index (χ1n) is 10.1. The van der Waals surface area contributed by atoms with Crippen molar-refractivity contribution < 1.29 is 28.7 Å². The molecular formula is C23H22N2O6. The van der Waals surface area contributed by atoms with E-state index in [2.05, 4.69) is 5.32 Å². The minimum Gasteiger partial charge on any atom is -0.465 e. The molecule has 1 N–H and O–H groups in total. The highest BCUT2D eigenvalue weighted by atomic mass is 16.5. The number of nitrogens with one attached hydrogen (secondary N) is 1. The van der Waals surface area contributed by atoms with E-state index in [1.807, 2.05) is 0 Å². The third-order valence-electron chi connectivity index (χ3n) is 5.80. The summed E-state index contributed by atoms with van der Waals surface area (Å²) < 4.78 is 9.96. The van der Waals surface area contributed by atoms with Gasteiger partial charge in [0.2, 0.25) is 0 Å². The number of esters is 2. The molecule has 1 spiro atoms. The highest BCUT2D eigenvalue weighted by Crippen LogP contribution is 2.45. The maximum atomic E-state index is 13.3. The van der Waals surface area contributed by atoms with E-state index in [9.17, 15) is 19.2 Å². The van der Waals surface area contributed by atoms with Gasteiger partial charge in [0, 0.05) is 0 Å². The molecule has 0 bridgehead atoms. The zero-order valence-electron chi connectivity index (χ0n) is 17.1. The second kappa shape index (κ2) is 8.22. The predicted molar refractivity (Wildman–Crippen MR) is 112 cm³/mol. The summed E-state index contributed by atoms with van der Waals surface area (Å²) >= 11 is 0. The number of nitrogens with zero attached hydrogens (tertiary/aromatic N) is 1. The Bertz CT molecular complexity index is 1060. The van der Waals surface area contributed by atoms with Crippen molar-refractivity contribution >= 4 is 35.1 Å². The summed E-state index contributed by atoms with van der Waals surface area (Å²) in [5.74, 6) is -2.21. The van der Waals surface area contributed by atoms with E-state index >= 15 is 0 Å². The third kappa shape index (κ3) is 3.54. The predicted octanol–water partition coefficient (Wildman–Crippen LogP) is 2.93. The standard InChI is InChI=1S/C23H22N2O6/c1-30-20(27)15-8-2-3-9-16(15)21(28)31-14-19(26)25-18-11-5-4-10-17(18)24-22(29)23(25)12-6-7-13-23/h2-5,8-11H,6-7,12-14H2,1H3,(H,24,29). The smallest absolute Gasteiger partial charge is 0.339 e. The summed E-state index contributed by atoms with van der Waals surface area (Å²) in [5.41, 5.74) is 0.203. The zero-order valence-corrected chi connectivity index (χ0v) is 17.1. The molecule has 4 rings (SSSR count). The van der Waals surface area contributed by atoms with Gasteiger partial charge in [-0.25, -0.2) is 9.59 Å². The highest BCUT2D eigenvalue weighted by Gasteiger charge is 2.52. The average molecular weight is 422 g/mol. The Balaban J connectivity index is 1.59. The van der Waals surface area contributed by atoms with Crippen molar-refractivity contribution in [1.29, 1.82) is 0 Å². The molecule has 2 aliphatic rings. The van der Waals surface area contributed by atoms with Crippen LogP contribution in [0.15, 0.2) is 48.5 Å². The van der Waals surface area contributed by atoms with Crippen molar-refractivity contribution in [3.05, 3.63) is 59.7 Å². The van der Waals surface area contributed by atoms with Crippen molar-refractivity contribution in [2.75, 3.05) is 23.9 Å². The fourth-order valence-electron chi connectivity index (χ4n) is 4.35. The number of carbonyl (C=O) groups is 4. The van der Waals surface area contributed by atoms with Gasteiger partial charge in [-0.15, -0.1) is 0 Å². The normalized spacial score (nSPS) is 16.4. The summed E-state index contributed by atoms with van der Waals surface area (Å²) in [6.07, 6.45) is 2.73. The molecule has 1 aliphatic heterocycles. The third-order valence-corrected chi connectivity index (χ3v) is 5.80. The van der Waals surface area contributed by atoms with E-state index in [0.717, 1.165) is 12.8 Å². The molecule has 0 unspecified atom stereocenters. The summed E-state index contributed by atoms with van der Waals surface area (Å²) in [7, 11) is 1.22. The van der Waals surface area contributed by atoms with Crippen LogP contribution in [0, 0.1) is 0 Å². The van der Waals surface area contributed by atoms with Crippen LogP contribution in [0.3, 0.4) is 0 Å². The van der Waals surface area contributed by atoms with E-state index in [4.69, 9.17) is 9.47 Å². The number of benzene rings is 2. The quantitative estimate of drug-likeness (QED) is 0.760. The van der Waals surface area contributed by atoms with Gasteiger partial charge in [-0.05, 0) is 37.1 Å². The minimum atomic E-state index is -0.984. The number of fused-ring (bicyclic) bond motifs is 1. The minimum absolute atomic E-state index is 0.00881. The SMILES string of the molecule is COC(=O)c1ccccc1C(=O)OCC(=O)N1c2ccccc2NC(=O)C12CCCC2. The number of ether oxygens (including phenoxy) is 2. The van der Waals surface area contributed by atoms with Crippen LogP contribution in [0.2, 0.25) is 0 Å².